The number of esters is 1. The Morgan fingerprint density at radius 2 is 1.82 bits per heavy atom. The largest absolute Gasteiger partial charge is 0.491 e. The maximum atomic E-state index is 11.5. The van der Waals surface area contributed by atoms with E-state index in [1.807, 2.05) is 24.3 Å². The molecule has 34 heavy (non-hydrogen) atoms. The summed E-state index contributed by atoms with van der Waals surface area (Å²) >= 11 is 0. The second-order valence-electron chi connectivity index (χ2n) is 9.71. The second kappa shape index (κ2) is 12.0. The van der Waals surface area contributed by atoms with Gasteiger partial charge in [-0.2, -0.15) is 5.26 Å². The summed E-state index contributed by atoms with van der Waals surface area (Å²) < 4.78 is 10.7. The van der Waals surface area contributed by atoms with Crippen LogP contribution in [-0.2, 0) is 28.8 Å². The predicted octanol–water partition coefficient (Wildman–Crippen LogP) is 3.99. The van der Waals surface area contributed by atoms with Crippen molar-refractivity contribution in [3.63, 3.8) is 0 Å². The molecule has 0 saturated heterocycles. The molecular weight excluding hydrogens is 428 g/mol. The standard InChI is InChI=1S/C28H36N2O4/c1-4-33-27(32)14-11-20-9-12-24(13-10-20)34-19-26(31)25(18-29)30-28(2,3)17-21-15-22-7-5-6-8-23(22)16-21/h5-10,12-13,21,25-26,30-31H,4,11,14-17,19H2,1-3H3. The van der Waals surface area contributed by atoms with E-state index in [0.717, 1.165) is 24.8 Å². The molecule has 0 radical (unpaired) electrons. The minimum Gasteiger partial charge on any atom is -0.491 e. The average molecular weight is 465 g/mol. The fourth-order valence-corrected chi connectivity index (χ4v) is 4.72. The van der Waals surface area contributed by atoms with Crippen molar-refractivity contribution in [2.45, 2.75) is 70.6 Å². The van der Waals surface area contributed by atoms with Crippen molar-refractivity contribution in [2.75, 3.05) is 13.2 Å². The molecule has 0 amide bonds. The van der Waals surface area contributed by atoms with Gasteiger partial charge in [-0.25, -0.2) is 0 Å². The van der Waals surface area contributed by atoms with Crippen molar-refractivity contribution in [1.82, 2.24) is 5.32 Å². The van der Waals surface area contributed by atoms with E-state index in [1.165, 1.54) is 11.1 Å². The van der Waals surface area contributed by atoms with Crippen LogP contribution >= 0.6 is 0 Å². The van der Waals surface area contributed by atoms with Gasteiger partial charge in [0, 0.05) is 12.0 Å². The fourth-order valence-electron chi connectivity index (χ4n) is 4.72. The molecule has 3 rings (SSSR count). The number of nitrogens with one attached hydrogen (secondary N) is 1. The van der Waals surface area contributed by atoms with Crippen molar-refractivity contribution in [1.29, 1.82) is 5.26 Å². The van der Waals surface area contributed by atoms with Crippen molar-refractivity contribution >= 4 is 5.97 Å². The van der Waals surface area contributed by atoms with Gasteiger partial charge in [0.1, 0.15) is 24.5 Å². The van der Waals surface area contributed by atoms with E-state index in [-0.39, 0.29) is 18.1 Å². The van der Waals surface area contributed by atoms with E-state index in [0.29, 0.717) is 31.1 Å². The van der Waals surface area contributed by atoms with Crippen LogP contribution in [0, 0.1) is 17.2 Å². The highest BCUT2D eigenvalue weighted by Gasteiger charge is 2.32. The van der Waals surface area contributed by atoms with Gasteiger partial charge in [-0.1, -0.05) is 36.4 Å². The van der Waals surface area contributed by atoms with Crippen molar-refractivity contribution in [3.05, 3.63) is 65.2 Å². The van der Waals surface area contributed by atoms with E-state index >= 15 is 0 Å². The smallest absolute Gasteiger partial charge is 0.306 e. The number of aryl methyl sites for hydroxylation is 1. The molecule has 6 heteroatoms. The Morgan fingerprint density at radius 3 is 2.41 bits per heavy atom. The molecule has 0 aromatic heterocycles. The molecule has 0 saturated carbocycles. The zero-order valence-corrected chi connectivity index (χ0v) is 20.4. The van der Waals surface area contributed by atoms with Crippen molar-refractivity contribution < 1.29 is 19.4 Å². The zero-order chi connectivity index (χ0) is 24.6. The van der Waals surface area contributed by atoms with Gasteiger partial charge < -0.3 is 14.6 Å². The summed E-state index contributed by atoms with van der Waals surface area (Å²) in [6.45, 7) is 6.36. The second-order valence-corrected chi connectivity index (χ2v) is 9.71. The Morgan fingerprint density at radius 1 is 1.18 bits per heavy atom. The van der Waals surface area contributed by atoms with E-state index in [2.05, 4.69) is 49.5 Å². The third kappa shape index (κ3) is 7.58. The molecule has 6 nitrogen and oxygen atoms in total. The van der Waals surface area contributed by atoms with E-state index in [4.69, 9.17) is 9.47 Å². The lowest BCUT2D eigenvalue weighted by atomic mass is 9.87. The molecule has 2 N–H and O–H groups in total. The summed E-state index contributed by atoms with van der Waals surface area (Å²) in [6, 6.07) is 17.4. The van der Waals surface area contributed by atoms with Crippen molar-refractivity contribution in [2.24, 2.45) is 5.92 Å². The van der Waals surface area contributed by atoms with Crippen LogP contribution in [-0.4, -0.2) is 42.0 Å². The van der Waals surface area contributed by atoms with E-state index < -0.39 is 12.1 Å². The number of benzene rings is 2. The third-order valence-electron chi connectivity index (χ3n) is 6.27. The molecular formula is C28H36N2O4. The number of carbonyl (C=O) groups is 1. The van der Waals surface area contributed by atoms with Gasteiger partial charge in [0.15, 0.2) is 0 Å². The van der Waals surface area contributed by atoms with Crippen LogP contribution in [0.4, 0.5) is 0 Å². The number of carbonyl (C=O) groups excluding carboxylic acids is 1. The molecule has 2 unspecified atom stereocenters. The number of hydrogen-bond acceptors (Lipinski definition) is 6. The Kier molecular flexibility index (Phi) is 9.09. The fraction of sp³-hybridized carbons (Fsp3) is 0.500. The third-order valence-corrected chi connectivity index (χ3v) is 6.27. The number of fused-ring (bicyclic) bond motifs is 1. The molecule has 0 spiro atoms. The number of nitrogens with zero attached hydrogens (tertiary/aromatic N) is 1. The maximum Gasteiger partial charge on any atom is 0.306 e. The van der Waals surface area contributed by atoms with Gasteiger partial charge in [0.25, 0.3) is 0 Å². The summed E-state index contributed by atoms with van der Waals surface area (Å²) in [5, 5.41) is 23.6. The first-order valence-corrected chi connectivity index (χ1v) is 12.1. The van der Waals surface area contributed by atoms with Gasteiger partial charge in [-0.05, 0) is 81.2 Å². The summed E-state index contributed by atoms with van der Waals surface area (Å²) in [6.07, 6.45) is 3.00. The maximum absolute atomic E-state index is 11.5. The predicted molar refractivity (Wildman–Crippen MR) is 131 cm³/mol. The van der Waals surface area contributed by atoms with Gasteiger partial charge in [0.05, 0.1) is 12.7 Å². The topological polar surface area (TPSA) is 91.6 Å². The molecule has 0 bridgehead atoms. The number of hydrogen-bond donors (Lipinski definition) is 2. The molecule has 182 valence electrons. The van der Waals surface area contributed by atoms with Crippen molar-refractivity contribution in [3.8, 4) is 11.8 Å². The zero-order valence-electron chi connectivity index (χ0n) is 20.4. The van der Waals surface area contributed by atoms with Crippen LogP contribution in [0.2, 0.25) is 0 Å². The summed E-state index contributed by atoms with van der Waals surface area (Å²) in [5.41, 5.74) is 3.54. The first-order chi connectivity index (χ1) is 16.3. The Hall–Kier alpha value is -2.88. The molecule has 1 aliphatic rings. The molecule has 2 aromatic carbocycles. The highest BCUT2D eigenvalue weighted by atomic mass is 16.5. The van der Waals surface area contributed by atoms with Crippen LogP contribution in [0.5, 0.6) is 5.75 Å². The summed E-state index contributed by atoms with van der Waals surface area (Å²) in [5.74, 6) is 0.926. The highest BCUT2D eigenvalue weighted by Crippen LogP contribution is 2.32. The number of ether oxygens (including phenoxy) is 2. The van der Waals surface area contributed by atoms with Crippen LogP contribution < -0.4 is 10.1 Å². The summed E-state index contributed by atoms with van der Waals surface area (Å²) in [4.78, 5) is 11.5. The van der Waals surface area contributed by atoms with E-state index in [9.17, 15) is 15.2 Å². The van der Waals surface area contributed by atoms with Crippen LogP contribution in [0.1, 0.15) is 50.3 Å². The molecule has 0 heterocycles. The molecule has 0 aliphatic heterocycles. The lowest BCUT2D eigenvalue weighted by Crippen LogP contribution is -2.52. The molecule has 2 aromatic rings. The number of nitriles is 1. The Balaban J connectivity index is 1.45. The number of aliphatic hydroxyl groups is 1. The van der Waals surface area contributed by atoms with E-state index in [1.54, 1.807) is 6.92 Å². The SMILES string of the molecule is CCOC(=O)CCc1ccc(OCC(O)C(C#N)NC(C)(C)CC2Cc3ccccc3C2)cc1. The lowest BCUT2D eigenvalue weighted by Gasteiger charge is -2.33. The first kappa shape index (κ1) is 25.7. The molecule has 2 atom stereocenters. The first-order valence-electron chi connectivity index (χ1n) is 12.1. The van der Waals surface area contributed by atoms with Gasteiger partial charge in [-0.15, -0.1) is 0 Å². The normalized spacial score (nSPS) is 15.3. The minimum atomic E-state index is -0.964. The Labute approximate surface area is 202 Å². The Bertz CT molecular complexity index is 956. The number of aliphatic hydroxyl groups excluding tert-OH is 1. The van der Waals surface area contributed by atoms with Gasteiger partial charge in [0.2, 0.25) is 0 Å². The van der Waals surface area contributed by atoms with Gasteiger partial charge in [-0.3, -0.25) is 10.1 Å². The summed E-state index contributed by atoms with van der Waals surface area (Å²) in [7, 11) is 0. The van der Waals surface area contributed by atoms with Crippen LogP contribution in [0.25, 0.3) is 0 Å². The number of rotatable bonds is 12. The minimum absolute atomic E-state index is 0.0123. The quantitative estimate of drug-likeness (QED) is 0.462. The average Bonchev–Trinajstić information content (AvgIpc) is 3.22. The van der Waals surface area contributed by atoms with Crippen LogP contribution in [0.15, 0.2) is 48.5 Å². The van der Waals surface area contributed by atoms with Crippen LogP contribution in [0.3, 0.4) is 0 Å². The lowest BCUT2D eigenvalue weighted by molar-refractivity contribution is -0.143. The molecule has 1 aliphatic carbocycles. The molecule has 0 fully saturated rings. The monoisotopic (exact) mass is 464 g/mol. The van der Waals surface area contributed by atoms with Gasteiger partial charge >= 0.3 is 5.97 Å². The highest BCUT2D eigenvalue weighted by molar-refractivity contribution is 5.69.